The van der Waals surface area contributed by atoms with E-state index >= 15 is 0 Å². The van der Waals surface area contributed by atoms with Crippen molar-refractivity contribution >= 4 is 33.1 Å². The molecule has 0 fully saturated rings. The topological polar surface area (TPSA) is 34.1 Å². The third kappa shape index (κ3) is 3.93. The van der Waals surface area contributed by atoms with Gasteiger partial charge in [0.15, 0.2) is 11.6 Å². The third-order valence-corrected chi connectivity index (χ3v) is 11.1. The van der Waals surface area contributed by atoms with Gasteiger partial charge < -0.3 is 0 Å². The van der Waals surface area contributed by atoms with E-state index in [-0.39, 0.29) is 22.4 Å². The summed E-state index contributed by atoms with van der Waals surface area (Å²) in [6.07, 6.45) is 0. The molecule has 2 nitrogen and oxygen atoms in total. The van der Waals surface area contributed by atoms with Crippen LogP contribution in [0.2, 0.25) is 0 Å². The van der Waals surface area contributed by atoms with Gasteiger partial charge in [0.25, 0.3) is 0 Å². The maximum absolute atomic E-state index is 13.9. The van der Waals surface area contributed by atoms with Crippen molar-refractivity contribution in [3.8, 4) is 22.3 Å². The normalized spacial score (nSPS) is 14.8. The zero-order valence-electron chi connectivity index (χ0n) is 27.5. The van der Waals surface area contributed by atoms with E-state index in [0.717, 1.165) is 32.7 Å². The molecule has 0 unspecified atom stereocenters. The average molecular weight is 619 g/mol. The molecule has 0 heterocycles. The minimum atomic E-state index is -0.286. The smallest absolute Gasteiger partial charge is 0.193 e. The van der Waals surface area contributed by atoms with Gasteiger partial charge in [0.05, 0.1) is 0 Å². The number of carbonyl (C=O) groups excluding carboxylic acids is 2. The number of hydrogen-bond donors (Lipinski definition) is 0. The van der Waals surface area contributed by atoms with E-state index in [9.17, 15) is 9.59 Å². The molecule has 230 valence electrons. The molecule has 0 amide bonds. The van der Waals surface area contributed by atoms with Crippen molar-refractivity contribution in [2.75, 3.05) is 0 Å². The molecule has 2 aliphatic rings. The van der Waals surface area contributed by atoms with Gasteiger partial charge in [0.2, 0.25) is 0 Å². The van der Waals surface area contributed by atoms with Crippen LogP contribution in [0.15, 0.2) is 133 Å². The molecular weight excluding hydrogens is 585 g/mol. The Morgan fingerprint density at radius 2 is 0.771 bits per heavy atom. The first-order chi connectivity index (χ1) is 23.1. The molecular formula is C46H34O2. The summed E-state index contributed by atoms with van der Waals surface area (Å²) in [6, 6.07) is 45.3. The van der Waals surface area contributed by atoms with Crippen LogP contribution in [0.4, 0.5) is 0 Å². The van der Waals surface area contributed by atoms with Gasteiger partial charge in [-0.05, 0) is 90.3 Å². The Kier molecular flexibility index (Phi) is 5.93. The molecule has 2 heteroatoms. The lowest BCUT2D eigenvalue weighted by Crippen LogP contribution is -2.17. The van der Waals surface area contributed by atoms with Crippen LogP contribution in [-0.4, -0.2) is 11.6 Å². The molecule has 48 heavy (non-hydrogen) atoms. The maximum Gasteiger partial charge on any atom is 0.193 e. The van der Waals surface area contributed by atoms with E-state index in [4.69, 9.17) is 0 Å². The highest BCUT2D eigenvalue weighted by molar-refractivity contribution is 6.17. The molecule has 2 aliphatic carbocycles. The molecule has 0 radical (unpaired) electrons. The molecule has 0 aromatic heterocycles. The summed E-state index contributed by atoms with van der Waals surface area (Å²) in [6.45, 7) is 9.07. The molecule has 7 aromatic carbocycles. The lowest BCUT2D eigenvalue weighted by atomic mass is 9.79. The van der Waals surface area contributed by atoms with E-state index in [0.29, 0.717) is 11.1 Å². The van der Waals surface area contributed by atoms with Crippen molar-refractivity contribution < 1.29 is 9.59 Å². The zero-order valence-corrected chi connectivity index (χ0v) is 27.5. The number of benzene rings is 7. The van der Waals surface area contributed by atoms with Gasteiger partial charge in [-0.3, -0.25) is 9.59 Å². The Balaban J connectivity index is 1.12. The molecule has 7 aromatic rings. The fraction of sp³-hybridized carbons (Fsp3) is 0.130. The fourth-order valence-corrected chi connectivity index (χ4v) is 8.40. The predicted octanol–water partition coefficient (Wildman–Crippen LogP) is 11.1. The van der Waals surface area contributed by atoms with Crippen LogP contribution < -0.4 is 0 Å². The molecule has 9 rings (SSSR count). The Morgan fingerprint density at radius 1 is 0.396 bits per heavy atom. The van der Waals surface area contributed by atoms with E-state index in [2.05, 4.69) is 88.4 Å². The van der Waals surface area contributed by atoms with Gasteiger partial charge in [0, 0.05) is 33.1 Å². The summed E-state index contributed by atoms with van der Waals surface area (Å²) in [5.41, 5.74) is 12.1. The van der Waals surface area contributed by atoms with Crippen molar-refractivity contribution in [1.29, 1.82) is 0 Å². The van der Waals surface area contributed by atoms with Crippen molar-refractivity contribution in [2.45, 2.75) is 38.5 Å². The SMILES string of the molecule is CC1(C)c2cc(C(=O)c3cccc4ccccc34)ccc2-c2cc3c(cc21)-c1ccc(C(=O)c2cccc4ccccc24)cc1C3(C)C. The minimum absolute atomic E-state index is 0.0489. The van der Waals surface area contributed by atoms with Crippen LogP contribution in [-0.2, 0) is 10.8 Å². The highest BCUT2D eigenvalue weighted by Gasteiger charge is 2.42. The lowest BCUT2D eigenvalue weighted by molar-refractivity contribution is 0.103. The number of hydrogen-bond acceptors (Lipinski definition) is 2. The Bertz CT molecular complexity index is 2360. The maximum atomic E-state index is 13.9. The van der Waals surface area contributed by atoms with E-state index in [1.807, 2.05) is 72.8 Å². The number of carbonyl (C=O) groups is 2. The monoisotopic (exact) mass is 618 g/mol. The van der Waals surface area contributed by atoms with E-state index in [1.165, 1.54) is 44.5 Å². The zero-order chi connectivity index (χ0) is 32.9. The summed E-state index contributed by atoms with van der Waals surface area (Å²) in [5.74, 6) is 0.0977. The fourth-order valence-electron chi connectivity index (χ4n) is 8.40. The first-order valence-corrected chi connectivity index (χ1v) is 16.7. The van der Waals surface area contributed by atoms with Gasteiger partial charge in [0.1, 0.15) is 0 Å². The van der Waals surface area contributed by atoms with Crippen molar-refractivity contribution in [3.05, 3.63) is 178 Å². The highest BCUT2D eigenvalue weighted by atomic mass is 16.1. The molecule has 0 saturated carbocycles. The second kappa shape index (κ2) is 9.95. The predicted molar refractivity (Wildman–Crippen MR) is 196 cm³/mol. The standard InChI is InChI=1S/C46H34O2/c1-45(2)39-23-29(43(47)35-17-9-13-27-11-5-7-15-31(27)35)19-21-33(39)37-26-42-38(25-41(37)45)34-22-20-30(24-40(34)46(42,3)4)44(48)36-18-10-14-28-12-6-8-16-32(28)36/h5-26H,1-4H3. The molecule has 0 bridgehead atoms. The van der Waals surface area contributed by atoms with Crippen LogP contribution in [0, 0.1) is 0 Å². The van der Waals surface area contributed by atoms with Crippen molar-refractivity contribution in [2.24, 2.45) is 0 Å². The van der Waals surface area contributed by atoms with Crippen LogP contribution in [0.25, 0.3) is 43.8 Å². The lowest BCUT2D eigenvalue weighted by Gasteiger charge is -2.24. The quantitative estimate of drug-likeness (QED) is 0.184. The number of fused-ring (bicyclic) bond motifs is 8. The summed E-state index contributed by atoms with van der Waals surface area (Å²) in [4.78, 5) is 27.9. The van der Waals surface area contributed by atoms with Gasteiger partial charge in [-0.25, -0.2) is 0 Å². The van der Waals surface area contributed by atoms with E-state index in [1.54, 1.807) is 0 Å². The minimum Gasteiger partial charge on any atom is -0.289 e. The summed E-state index contributed by atoms with van der Waals surface area (Å²) in [5, 5.41) is 4.10. The number of ketones is 2. The number of rotatable bonds is 4. The summed E-state index contributed by atoms with van der Waals surface area (Å²) < 4.78 is 0. The van der Waals surface area contributed by atoms with Gasteiger partial charge in [-0.1, -0.05) is 137 Å². The Morgan fingerprint density at radius 3 is 1.21 bits per heavy atom. The van der Waals surface area contributed by atoms with Gasteiger partial charge in [-0.2, -0.15) is 0 Å². The summed E-state index contributed by atoms with van der Waals surface area (Å²) >= 11 is 0. The van der Waals surface area contributed by atoms with Crippen LogP contribution in [0.3, 0.4) is 0 Å². The van der Waals surface area contributed by atoms with Gasteiger partial charge >= 0.3 is 0 Å². The molecule has 0 atom stereocenters. The van der Waals surface area contributed by atoms with Crippen LogP contribution in [0.5, 0.6) is 0 Å². The van der Waals surface area contributed by atoms with Crippen LogP contribution >= 0.6 is 0 Å². The molecule has 0 spiro atoms. The first-order valence-electron chi connectivity index (χ1n) is 16.7. The second-order valence-corrected chi connectivity index (χ2v) is 14.4. The third-order valence-electron chi connectivity index (χ3n) is 11.1. The average Bonchev–Trinajstić information content (AvgIpc) is 3.48. The summed E-state index contributed by atoms with van der Waals surface area (Å²) in [7, 11) is 0. The largest absolute Gasteiger partial charge is 0.289 e. The van der Waals surface area contributed by atoms with Crippen LogP contribution in [0.1, 0.15) is 81.8 Å². The Hall–Kier alpha value is -5.60. The van der Waals surface area contributed by atoms with Crippen molar-refractivity contribution in [1.82, 2.24) is 0 Å². The second-order valence-electron chi connectivity index (χ2n) is 14.4. The van der Waals surface area contributed by atoms with Gasteiger partial charge in [-0.15, -0.1) is 0 Å². The first kappa shape index (κ1) is 28.6. The molecule has 0 aliphatic heterocycles. The molecule has 0 saturated heterocycles. The molecule has 0 N–H and O–H groups in total. The van der Waals surface area contributed by atoms with E-state index < -0.39 is 0 Å². The van der Waals surface area contributed by atoms with Crippen molar-refractivity contribution in [3.63, 3.8) is 0 Å². The highest BCUT2D eigenvalue weighted by Crippen LogP contribution is 2.56. The Labute approximate surface area is 280 Å².